The maximum atomic E-state index is 12.5. The van der Waals surface area contributed by atoms with Crippen molar-refractivity contribution in [3.8, 4) is 17.0 Å². The summed E-state index contributed by atoms with van der Waals surface area (Å²) in [6, 6.07) is 15.8. The van der Waals surface area contributed by atoms with Gasteiger partial charge in [0, 0.05) is 22.0 Å². The van der Waals surface area contributed by atoms with Crippen LogP contribution < -0.4 is 10.1 Å². The van der Waals surface area contributed by atoms with Gasteiger partial charge in [-0.1, -0.05) is 58.0 Å². The van der Waals surface area contributed by atoms with Gasteiger partial charge in [0.1, 0.15) is 12.4 Å². The Morgan fingerprint density at radius 2 is 1.97 bits per heavy atom. The summed E-state index contributed by atoms with van der Waals surface area (Å²) in [5, 5.41) is 14.6. The lowest BCUT2D eigenvalue weighted by atomic mass is 10.2. The van der Waals surface area contributed by atoms with E-state index in [1.165, 1.54) is 23.1 Å². The van der Waals surface area contributed by atoms with Gasteiger partial charge in [-0.15, -0.1) is 21.5 Å². The number of aryl methyl sites for hydroxylation is 1. The Balaban J connectivity index is 1.33. The minimum absolute atomic E-state index is 0.139. The fourth-order valence-corrected chi connectivity index (χ4v) is 4.90. The third-order valence-electron chi connectivity index (χ3n) is 4.78. The number of hydrogen-bond donors (Lipinski definition) is 1. The van der Waals surface area contributed by atoms with Gasteiger partial charge < -0.3 is 14.6 Å². The van der Waals surface area contributed by atoms with Gasteiger partial charge in [0.15, 0.2) is 16.1 Å². The zero-order valence-electron chi connectivity index (χ0n) is 18.1. The molecule has 0 fully saturated rings. The summed E-state index contributed by atoms with van der Waals surface area (Å²) in [6.07, 6.45) is 0. The fraction of sp³-hybridized carbons (Fsp3) is 0.217. The predicted octanol–water partition coefficient (Wildman–Crippen LogP) is 5.80. The van der Waals surface area contributed by atoms with Crippen molar-refractivity contribution in [2.75, 3.05) is 11.1 Å². The summed E-state index contributed by atoms with van der Waals surface area (Å²) < 4.78 is 8.88. The van der Waals surface area contributed by atoms with Crippen LogP contribution in [0.25, 0.3) is 11.3 Å². The lowest BCUT2D eigenvalue weighted by molar-refractivity contribution is -0.113. The Morgan fingerprint density at radius 1 is 1.18 bits per heavy atom. The highest BCUT2D eigenvalue weighted by atomic mass is 79.9. The Bertz CT molecular complexity index is 1240. The summed E-state index contributed by atoms with van der Waals surface area (Å²) >= 11 is 6.18. The molecule has 0 bridgehead atoms. The topological polar surface area (TPSA) is 81.9 Å². The second-order valence-corrected chi connectivity index (χ2v) is 9.80. The molecule has 2 aromatic heterocycles. The number of thiazole rings is 1. The first-order chi connectivity index (χ1) is 16.0. The number of carbonyl (C=O) groups is 1. The number of rotatable bonds is 9. The van der Waals surface area contributed by atoms with Gasteiger partial charge >= 0.3 is 0 Å². The molecular weight excluding hydrogens is 522 g/mol. The second-order valence-electron chi connectivity index (χ2n) is 7.08. The third-order valence-corrected chi connectivity index (χ3v) is 7.04. The van der Waals surface area contributed by atoms with Crippen molar-refractivity contribution in [3.05, 3.63) is 69.8 Å². The van der Waals surface area contributed by atoms with Crippen molar-refractivity contribution < 1.29 is 9.53 Å². The summed E-state index contributed by atoms with van der Waals surface area (Å²) in [6.45, 7) is 5.02. The molecular formula is C23H22BrN5O2S2. The molecule has 2 heterocycles. The van der Waals surface area contributed by atoms with Gasteiger partial charge in [0.2, 0.25) is 5.91 Å². The predicted molar refractivity (Wildman–Crippen MR) is 136 cm³/mol. The SMILES string of the molecule is CCn1c(COc2ccccc2C)nnc1SCC(=O)Nc1nc(-c2ccc(Br)cc2)cs1. The van der Waals surface area contributed by atoms with E-state index < -0.39 is 0 Å². The van der Waals surface area contributed by atoms with Crippen molar-refractivity contribution in [2.45, 2.75) is 32.2 Å². The minimum atomic E-state index is -0.139. The highest BCUT2D eigenvalue weighted by Gasteiger charge is 2.15. The first-order valence-corrected chi connectivity index (χ1v) is 12.9. The van der Waals surface area contributed by atoms with Gasteiger partial charge in [-0.3, -0.25) is 4.79 Å². The Labute approximate surface area is 208 Å². The maximum absolute atomic E-state index is 12.5. The number of amides is 1. The number of halogens is 1. The third kappa shape index (κ3) is 6.01. The molecule has 33 heavy (non-hydrogen) atoms. The molecule has 0 saturated heterocycles. The van der Waals surface area contributed by atoms with E-state index in [-0.39, 0.29) is 11.7 Å². The molecule has 1 amide bonds. The van der Waals surface area contributed by atoms with Crippen LogP contribution in [-0.2, 0) is 17.9 Å². The quantitative estimate of drug-likeness (QED) is 0.268. The van der Waals surface area contributed by atoms with E-state index in [2.05, 4.69) is 36.4 Å². The highest BCUT2D eigenvalue weighted by molar-refractivity contribution is 9.10. The molecule has 10 heteroatoms. The highest BCUT2D eigenvalue weighted by Crippen LogP contribution is 2.26. The average molecular weight is 545 g/mol. The first-order valence-electron chi connectivity index (χ1n) is 10.3. The number of carbonyl (C=O) groups excluding carboxylic acids is 1. The summed E-state index contributed by atoms with van der Waals surface area (Å²) in [5.74, 6) is 1.62. The number of aromatic nitrogens is 4. The summed E-state index contributed by atoms with van der Waals surface area (Å²) in [4.78, 5) is 17.0. The smallest absolute Gasteiger partial charge is 0.236 e. The molecule has 2 aromatic carbocycles. The Hall–Kier alpha value is -2.69. The van der Waals surface area contributed by atoms with E-state index >= 15 is 0 Å². The van der Waals surface area contributed by atoms with Crippen molar-refractivity contribution in [2.24, 2.45) is 0 Å². The van der Waals surface area contributed by atoms with Crippen LogP contribution in [0.4, 0.5) is 5.13 Å². The molecule has 0 saturated carbocycles. The fourth-order valence-electron chi connectivity index (χ4n) is 3.08. The molecule has 0 aliphatic heterocycles. The summed E-state index contributed by atoms with van der Waals surface area (Å²) in [7, 11) is 0. The van der Waals surface area contributed by atoms with E-state index in [9.17, 15) is 4.79 Å². The van der Waals surface area contributed by atoms with Crippen molar-refractivity contribution >= 4 is 50.1 Å². The van der Waals surface area contributed by atoms with Crippen molar-refractivity contribution in [1.29, 1.82) is 0 Å². The minimum Gasteiger partial charge on any atom is -0.485 e. The number of hydrogen-bond acceptors (Lipinski definition) is 7. The summed E-state index contributed by atoms with van der Waals surface area (Å²) in [5.41, 5.74) is 2.90. The molecule has 0 spiro atoms. The number of benzene rings is 2. The second kappa shape index (κ2) is 11.0. The van der Waals surface area contributed by atoms with E-state index in [1.807, 2.05) is 72.3 Å². The van der Waals surface area contributed by atoms with Crippen LogP contribution in [0.3, 0.4) is 0 Å². The van der Waals surface area contributed by atoms with Crippen molar-refractivity contribution in [3.63, 3.8) is 0 Å². The normalized spacial score (nSPS) is 10.9. The molecule has 4 aromatic rings. The first kappa shape index (κ1) is 23.5. The number of thioether (sulfide) groups is 1. The lowest BCUT2D eigenvalue weighted by Gasteiger charge is -2.10. The van der Waals surface area contributed by atoms with Crippen LogP contribution in [0.1, 0.15) is 18.3 Å². The molecule has 0 unspecified atom stereocenters. The molecule has 0 aliphatic rings. The number of anilines is 1. The van der Waals surface area contributed by atoms with Crippen LogP contribution >= 0.6 is 39.0 Å². The molecule has 0 atom stereocenters. The molecule has 1 N–H and O–H groups in total. The molecule has 7 nitrogen and oxygen atoms in total. The number of ether oxygens (including phenoxy) is 1. The molecule has 4 rings (SSSR count). The van der Waals surface area contributed by atoms with Crippen molar-refractivity contribution in [1.82, 2.24) is 19.7 Å². The van der Waals surface area contributed by atoms with Crippen LogP contribution in [0.15, 0.2) is 63.5 Å². The molecule has 0 aliphatic carbocycles. The number of nitrogens with one attached hydrogen (secondary N) is 1. The van der Waals surface area contributed by atoms with Crippen LogP contribution in [0, 0.1) is 6.92 Å². The Kier molecular flexibility index (Phi) is 7.79. The van der Waals surface area contributed by atoms with Gasteiger partial charge in [0.25, 0.3) is 0 Å². The van der Waals surface area contributed by atoms with E-state index in [0.717, 1.165) is 32.9 Å². The van der Waals surface area contributed by atoms with Gasteiger partial charge in [0.05, 0.1) is 11.4 Å². The van der Waals surface area contributed by atoms with E-state index in [4.69, 9.17) is 4.74 Å². The maximum Gasteiger partial charge on any atom is 0.236 e. The number of nitrogens with zero attached hydrogens (tertiary/aromatic N) is 4. The molecule has 170 valence electrons. The zero-order chi connectivity index (χ0) is 23.2. The Morgan fingerprint density at radius 3 is 2.73 bits per heavy atom. The standard InChI is InChI=1S/C23H22BrN5O2S2/c1-3-29-20(12-31-19-7-5-4-6-15(19)2)27-28-23(29)33-14-21(30)26-22-25-18(13-32-22)16-8-10-17(24)11-9-16/h4-11,13H,3,12,14H2,1-2H3,(H,25,26,30). The monoisotopic (exact) mass is 543 g/mol. The number of para-hydroxylation sites is 1. The average Bonchev–Trinajstić information content (AvgIpc) is 3.44. The van der Waals surface area contributed by atoms with Crippen LogP contribution in [0.5, 0.6) is 5.75 Å². The van der Waals surface area contributed by atoms with Gasteiger partial charge in [-0.05, 0) is 37.6 Å². The van der Waals surface area contributed by atoms with Crippen LogP contribution in [-0.4, -0.2) is 31.4 Å². The van der Waals surface area contributed by atoms with E-state index in [1.54, 1.807) is 0 Å². The lowest BCUT2D eigenvalue weighted by Crippen LogP contribution is -2.14. The zero-order valence-corrected chi connectivity index (χ0v) is 21.3. The van der Waals surface area contributed by atoms with Gasteiger partial charge in [-0.25, -0.2) is 4.98 Å². The molecule has 0 radical (unpaired) electrons. The largest absolute Gasteiger partial charge is 0.485 e. The van der Waals surface area contributed by atoms with Gasteiger partial charge in [-0.2, -0.15) is 0 Å². The van der Waals surface area contributed by atoms with E-state index in [0.29, 0.717) is 23.4 Å². The van der Waals surface area contributed by atoms with Crippen LogP contribution in [0.2, 0.25) is 0 Å².